The van der Waals surface area contributed by atoms with Crippen molar-refractivity contribution in [3.63, 3.8) is 0 Å². The molecule has 96 valence electrons. The molecule has 4 nitrogen and oxygen atoms in total. The summed E-state index contributed by atoms with van der Waals surface area (Å²) < 4.78 is 62.9. The van der Waals surface area contributed by atoms with Crippen LogP contribution in [0.1, 0.15) is 6.92 Å². The fraction of sp³-hybridized carbons (Fsp3) is 0.250. The van der Waals surface area contributed by atoms with Crippen LogP contribution in [0.4, 0.5) is 8.78 Å². The van der Waals surface area contributed by atoms with Gasteiger partial charge in [-0.25, -0.2) is 13.0 Å². The molecule has 0 unspecified atom stereocenters. The SMILES string of the molecule is CC[S@@](=O)(=NS(=O)(=O)Cl)c1cc(F)ccc1F. The van der Waals surface area contributed by atoms with Crippen molar-refractivity contribution >= 4 is 29.6 Å². The van der Waals surface area contributed by atoms with Crippen molar-refractivity contribution in [1.29, 1.82) is 0 Å². The van der Waals surface area contributed by atoms with Gasteiger partial charge >= 0.3 is 9.24 Å². The zero-order valence-corrected chi connectivity index (χ0v) is 11.0. The van der Waals surface area contributed by atoms with E-state index in [-0.39, 0.29) is 5.75 Å². The average molecular weight is 304 g/mol. The van der Waals surface area contributed by atoms with E-state index < -0.39 is 35.5 Å². The van der Waals surface area contributed by atoms with Crippen LogP contribution in [0.3, 0.4) is 0 Å². The van der Waals surface area contributed by atoms with Crippen LogP contribution in [0.5, 0.6) is 0 Å². The molecule has 0 aromatic heterocycles. The Labute approximate surface area is 102 Å². The minimum atomic E-state index is -4.44. The van der Waals surface area contributed by atoms with E-state index in [1.165, 1.54) is 6.92 Å². The predicted molar refractivity (Wildman–Crippen MR) is 60.5 cm³/mol. The minimum absolute atomic E-state index is 0.306. The lowest BCUT2D eigenvalue weighted by atomic mass is 10.3. The summed E-state index contributed by atoms with van der Waals surface area (Å²) in [6, 6.07) is 2.21. The van der Waals surface area contributed by atoms with Crippen LogP contribution >= 0.6 is 10.7 Å². The summed E-state index contributed by atoms with van der Waals surface area (Å²) in [4.78, 5) is -0.607. The fourth-order valence-corrected chi connectivity index (χ4v) is 4.81. The third-order valence-corrected chi connectivity index (χ3v) is 5.80. The first-order valence-corrected chi connectivity index (χ1v) is 8.29. The molecular weight excluding hydrogens is 296 g/mol. The van der Waals surface area contributed by atoms with E-state index in [9.17, 15) is 21.4 Å². The maximum absolute atomic E-state index is 13.4. The first-order valence-electron chi connectivity index (χ1n) is 4.34. The van der Waals surface area contributed by atoms with Gasteiger partial charge in [-0.1, -0.05) is 10.7 Å². The van der Waals surface area contributed by atoms with Crippen LogP contribution in [-0.2, 0) is 19.0 Å². The average Bonchev–Trinajstić information content (AvgIpc) is 2.19. The summed E-state index contributed by atoms with van der Waals surface area (Å²) in [5, 5.41) is 0. The molecule has 0 aliphatic heterocycles. The molecule has 0 aliphatic carbocycles. The van der Waals surface area contributed by atoms with E-state index >= 15 is 0 Å². The van der Waals surface area contributed by atoms with Gasteiger partial charge in [0.2, 0.25) is 0 Å². The van der Waals surface area contributed by atoms with Gasteiger partial charge in [0.05, 0.1) is 14.6 Å². The van der Waals surface area contributed by atoms with Crippen molar-refractivity contribution in [2.75, 3.05) is 5.75 Å². The van der Waals surface area contributed by atoms with Gasteiger partial charge < -0.3 is 0 Å². The second-order valence-electron chi connectivity index (χ2n) is 2.99. The zero-order chi connectivity index (χ0) is 13.3. The second-order valence-corrected chi connectivity index (χ2v) is 7.88. The summed E-state index contributed by atoms with van der Waals surface area (Å²) in [5.41, 5.74) is 0. The van der Waals surface area contributed by atoms with Crippen molar-refractivity contribution in [1.82, 2.24) is 0 Å². The number of rotatable bonds is 3. The van der Waals surface area contributed by atoms with Crippen LogP contribution in [0.2, 0.25) is 0 Å². The van der Waals surface area contributed by atoms with Crippen molar-refractivity contribution in [2.24, 2.45) is 3.77 Å². The van der Waals surface area contributed by atoms with Gasteiger partial charge in [-0.3, -0.25) is 0 Å². The maximum atomic E-state index is 13.4. The summed E-state index contributed by atoms with van der Waals surface area (Å²) in [5.74, 6) is -2.15. The van der Waals surface area contributed by atoms with E-state index in [1.54, 1.807) is 0 Å². The monoisotopic (exact) mass is 303 g/mol. The molecule has 0 aliphatic rings. The van der Waals surface area contributed by atoms with Gasteiger partial charge in [0.1, 0.15) is 11.6 Å². The van der Waals surface area contributed by atoms with Crippen LogP contribution in [0.15, 0.2) is 26.9 Å². The van der Waals surface area contributed by atoms with E-state index in [2.05, 4.69) is 3.77 Å². The van der Waals surface area contributed by atoms with Gasteiger partial charge in [0, 0.05) is 16.4 Å². The van der Waals surface area contributed by atoms with Gasteiger partial charge in [-0.15, -0.1) is 0 Å². The topological polar surface area (TPSA) is 63.6 Å². The zero-order valence-electron chi connectivity index (χ0n) is 8.56. The van der Waals surface area contributed by atoms with Crippen LogP contribution in [-0.4, -0.2) is 18.4 Å². The van der Waals surface area contributed by atoms with E-state index in [0.717, 1.165) is 12.1 Å². The van der Waals surface area contributed by atoms with Crippen LogP contribution in [0.25, 0.3) is 0 Å². The third kappa shape index (κ3) is 3.62. The molecular formula is C8H8ClF2NO3S2. The fourth-order valence-electron chi connectivity index (χ4n) is 1.11. The quantitative estimate of drug-likeness (QED) is 0.805. The second kappa shape index (κ2) is 4.87. The Morgan fingerprint density at radius 3 is 2.35 bits per heavy atom. The molecule has 9 heteroatoms. The lowest BCUT2D eigenvalue weighted by molar-refractivity contribution is 0.571. The Bertz CT molecular complexity index is 651. The molecule has 1 atom stereocenters. The largest absolute Gasteiger partial charge is 0.347 e. The Balaban J connectivity index is 3.64. The molecule has 0 heterocycles. The first-order chi connectivity index (χ1) is 7.68. The highest BCUT2D eigenvalue weighted by atomic mass is 35.7. The van der Waals surface area contributed by atoms with Crippen LogP contribution in [0, 0.1) is 11.6 Å². The summed E-state index contributed by atoms with van der Waals surface area (Å²) >= 11 is 0. The number of benzene rings is 1. The van der Waals surface area contributed by atoms with Crippen molar-refractivity contribution in [3.8, 4) is 0 Å². The molecule has 0 fully saturated rings. The number of hydrogen-bond acceptors (Lipinski definition) is 3. The molecule has 0 N–H and O–H groups in total. The molecule has 17 heavy (non-hydrogen) atoms. The van der Waals surface area contributed by atoms with Gasteiger partial charge in [-0.2, -0.15) is 8.42 Å². The Morgan fingerprint density at radius 1 is 1.29 bits per heavy atom. The molecule has 0 amide bonds. The highest BCUT2D eigenvalue weighted by Gasteiger charge is 2.20. The van der Waals surface area contributed by atoms with Gasteiger partial charge in [0.25, 0.3) is 0 Å². The number of nitrogens with zero attached hydrogens (tertiary/aromatic N) is 1. The molecule has 1 rings (SSSR count). The van der Waals surface area contributed by atoms with Crippen LogP contribution < -0.4 is 0 Å². The third-order valence-electron chi connectivity index (χ3n) is 1.84. The standard InChI is InChI=1S/C8H8ClF2NO3S2/c1-2-16(13,12-17(9,14)15)8-5-6(10)3-4-7(8)11/h3-5H,2H2,1H3/t16-/m0/s1. The molecule has 1 aromatic carbocycles. The Hall–Kier alpha value is -0.730. The maximum Gasteiger partial charge on any atom is 0.347 e. The number of halogens is 3. The lowest BCUT2D eigenvalue weighted by Crippen LogP contribution is -2.08. The molecule has 0 radical (unpaired) electrons. The normalized spacial score (nSPS) is 15.3. The molecule has 0 saturated heterocycles. The summed E-state index contributed by atoms with van der Waals surface area (Å²) in [7, 11) is -3.22. The van der Waals surface area contributed by atoms with E-state index in [1.807, 2.05) is 0 Å². The predicted octanol–water partition coefficient (Wildman–Crippen LogP) is 2.30. The smallest absolute Gasteiger partial charge is 0.244 e. The highest BCUT2D eigenvalue weighted by molar-refractivity contribution is 8.17. The lowest BCUT2D eigenvalue weighted by Gasteiger charge is -2.07. The van der Waals surface area contributed by atoms with Crippen molar-refractivity contribution in [3.05, 3.63) is 29.8 Å². The Morgan fingerprint density at radius 2 is 1.88 bits per heavy atom. The number of hydrogen-bond donors (Lipinski definition) is 0. The molecule has 1 aromatic rings. The van der Waals surface area contributed by atoms with Crippen molar-refractivity contribution in [2.45, 2.75) is 11.8 Å². The molecule has 0 spiro atoms. The summed E-state index contributed by atoms with van der Waals surface area (Å²) in [6.07, 6.45) is 0. The van der Waals surface area contributed by atoms with E-state index in [0.29, 0.717) is 6.07 Å². The molecule has 0 bridgehead atoms. The minimum Gasteiger partial charge on any atom is -0.244 e. The molecule has 0 saturated carbocycles. The highest BCUT2D eigenvalue weighted by Crippen LogP contribution is 2.21. The van der Waals surface area contributed by atoms with Crippen molar-refractivity contribution < 1.29 is 21.4 Å². The summed E-state index contributed by atoms with van der Waals surface area (Å²) in [6.45, 7) is 1.33. The first kappa shape index (κ1) is 14.3. The van der Waals surface area contributed by atoms with Gasteiger partial charge in [0.15, 0.2) is 0 Å². The van der Waals surface area contributed by atoms with Gasteiger partial charge in [-0.05, 0) is 18.2 Å². The van der Waals surface area contributed by atoms with E-state index in [4.69, 9.17) is 10.7 Å². The Kier molecular flexibility index (Phi) is 4.11.